The van der Waals surface area contributed by atoms with Gasteiger partial charge in [-0.1, -0.05) is 11.3 Å². The lowest BCUT2D eigenvalue weighted by molar-refractivity contribution is -0.0248. The molecule has 3 rings (SSSR count). The SMILES string of the molecule is O=S(=O)(c1cccc(F)c1)N1CCCC(O)(Cn2ccnn2)C1. The van der Waals surface area contributed by atoms with Gasteiger partial charge in [0.1, 0.15) is 5.82 Å². The molecule has 2 heterocycles. The first-order chi connectivity index (χ1) is 10.9. The van der Waals surface area contributed by atoms with Gasteiger partial charge in [-0.3, -0.25) is 0 Å². The zero-order valence-electron chi connectivity index (χ0n) is 12.3. The molecule has 0 radical (unpaired) electrons. The molecule has 2 aromatic rings. The number of aromatic nitrogens is 3. The highest BCUT2D eigenvalue weighted by Gasteiger charge is 2.39. The fourth-order valence-electron chi connectivity index (χ4n) is 2.80. The van der Waals surface area contributed by atoms with Crippen LogP contribution < -0.4 is 0 Å². The van der Waals surface area contributed by atoms with Crippen molar-refractivity contribution in [2.24, 2.45) is 0 Å². The average molecular weight is 340 g/mol. The standard InChI is InChI=1S/C14H17FN4O3S/c15-12-3-1-4-13(9-12)23(21,22)19-7-2-5-14(20,11-19)10-18-8-6-16-17-18/h1,3-4,6,8-9,20H,2,5,7,10-11H2. The molecule has 7 nitrogen and oxygen atoms in total. The monoisotopic (exact) mass is 340 g/mol. The van der Waals surface area contributed by atoms with Crippen LogP contribution in [0.2, 0.25) is 0 Å². The van der Waals surface area contributed by atoms with Crippen molar-refractivity contribution < 1.29 is 17.9 Å². The van der Waals surface area contributed by atoms with Gasteiger partial charge >= 0.3 is 0 Å². The number of aliphatic hydroxyl groups is 1. The molecule has 23 heavy (non-hydrogen) atoms. The predicted octanol–water partition coefficient (Wildman–Crippen LogP) is 0.633. The van der Waals surface area contributed by atoms with Crippen LogP contribution in [-0.4, -0.2) is 51.5 Å². The van der Waals surface area contributed by atoms with Gasteiger partial charge in [-0.2, -0.15) is 4.31 Å². The number of hydrogen-bond acceptors (Lipinski definition) is 5. The van der Waals surface area contributed by atoms with Crippen molar-refractivity contribution >= 4 is 10.0 Å². The Morgan fingerprint density at radius 3 is 2.91 bits per heavy atom. The molecule has 0 bridgehead atoms. The summed E-state index contributed by atoms with van der Waals surface area (Å²) >= 11 is 0. The van der Waals surface area contributed by atoms with E-state index in [0.29, 0.717) is 19.4 Å². The van der Waals surface area contributed by atoms with E-state index in [2.05, 4.69) is 10.3 Å². The maximum atomic E-state index is 13.3. The Morgan fingerprint density at radius 1 is 1.39 bits per heavy atom. The summed E-state index contributed by atoms with van der Waals surface area (Å²) in [6, 6.07) is 4.88. The zero-order valence-corrected chi connectivity index (χ0v) is 13.2. The van der Waals surface area contributed by atoms with E-state index in [1.54, 1.807) is 6.20 Å². The Balaban J connectivity index is 1.82. The summed E-state index contributed by atoms with van der Waals surface area (Å²) in [7, 11) is -3.85. The maximum Gasteiger partial charge on any atom is 0.243 e. The van der Waals surface area contributed by atoms with Crippen LogP contribution in [0.4, 0.5) is 4.39 Å². The summed E-state index contributed by atoms with van der Waals surface area (Å²) in [6.07, 6.45) is 4.08. The first-order valence-electron chi connectivity index (χ1n) is 7.21. The summed E-state index contributed by atoms with van der Waals surface area (Å²) in [6.45, 7) is 0.381. The van der Waals surface area contributed by atoms with E-state index in [1.807, 2.05) is 0 Å². The third-order valence-electron chi connectivity index (χ3n) is 3.88. The molecule has 1 unspecified atom stereocenters. The Morgan fingerprint density at radius 2 is 2.22 bits per heavy atom. The van der Waals surface area contributed by atoms with Crippen LogP contribution in [0.15, 0.2) is 41.6 Å². The number of piperidine rings is 1. The van der Waals surface area contributed by atoms with Gasteiger partial charge in [-0.05, 0) is 31.0 Å². The number of benzene rings is 1. The molecule has 124 valence electrons. The lowest BCUT2D eigenvalue weighted by Gasteiger charge is -2.38. The molecule has 1 fully saturated rings. The van der Waals surface area contributed by atoms with Crippen LogP contribution in [0.5, 0.6) is 0 Å². The second kappa shape index (κ2) is 5.99. The zero-order chi connectivity index (χ0) is 16.5. The number of β-amino-alcohol motifs (C(OH)–C–C–N with tert-alkyl or cyclic N) is 1. The highest BCUT2D eigenvalue weighted by Crippen LogP contribution is 2.27. The predicted molar refractivity (Wildman–Crippen MR) is 79.4 cm³/mol. The molecule has 1 aliphatic heterocycles. The molecule has 1 saturated heterocycles. The number of halogens is 1. The summed E-state index contributed by atoms with van der Waals surface area (Å²) in [5.41, 5.74) is -1.23. The summed E-state index contributed by atoms with van der Waals surface area (Å²) in [4.78, 5) is -0.109. The van der Waals surface area contributed by atoms with Crippen LogP contribution >= 0.6 is 0 Å². The van der Waals surface area contributed by atoms with Gasteiger partial charge < -0.3 is 5.11 Å². The van der Waals surface area contributed by atoms with Crippen molar-refractivity contribution in [3.05, 3.63) is 42.5 Å². The minimum absolute atomic E-state index is 0.0638. The van der Waals surface area contributed by atoms with Gasteiger partial charge in [0.25, 0.3) is 0 Å². The number of sulfonamides is 1. The molecule has 1 aliphatic rings. The smallest absolute Gasteiger partial charge is 0.243 e. The molecule has 0 saturated carbocycles. The number of rotatable bonds is 4. The van der Waals surface area contributed by atoms with Crippen LogP contribution in [0, 0.1) is 5.82 Å². The summed E-state index contributed by atoms with van der Waals surface area (Å²) < 4.78 is 41.3. The van der Waals surface area contributed by atoms with Gasteiger partial charge in [0.15, 0.2) is 0 Å². The van der Waals surface area contributed by atoms with Crippen molar-refractivity contribution in [2.75, 3.05) is 13.1 Å². The highest BCUT2D eigenvalue weighted by atomic mass is 32.2. The van der Waals surface area contributed by atoms with Crippen molar-refractivity contribution in [1.82, 2.24) is 19.3 Å². The highest BCUT2D eigenvalue weighted by molar-refractivity contribution is 7.89. The molecular weight excluding hydrogens is 323 g/mol. The molecule has 1 aromatic carbocycles. The molecular formula is C14H17FN4O3S. The summed E-state index contributed by atoms with van der Waals surface area (Å²) in [5.74, 6) is -0.610. The normalized spacial score (nSPS) is 23.0. The first-order valence-corrected chi connectivity index (χ1v) is 8.65. The fraction of sp³-hybridized carbons (Fsp3) is 0.429. The van der Waals surface area contributed by atoms with E-state index < -0.39 is 21.4 Å². The lowest BCUT2D eigenvalue weighted by atomic mass is 9.94. The molecule has 9 heteroatoms. The average Bonchev–Trinajstić information content (AvgIpc) is 2.99. The van der Waals surface area contributed by atoms with E-state index in [1.165, 1.54) is 33.4 Å². The fourth-order valence-corrected chi connectivity index (χ4v) is 4.39. The molecule has 0 amide bonds. The van der Waals surface area contributed by atoms with Crippen molar-refractivity contribution in [3.63, 3.8) is 0 Å². The largest absolute Gasteiger partial charge is 0.387 e. The van der Waals surface area contributed by atoms with Crippen LogP contribution in [0.1, 0.15) is 12.8 Å². The molecule has 1 aromatic heterocycles. The molecule has 0 spiro atoms. The van der Waals surface area contributed by atoms with Gasteiger partial charge in [-0.15, -0.1) is 5.10 Å². The van der Waals surface area contributed by atoms with Gasteiger partial charge in [0.2, 0.25) is 10.0 Å². The van der Waals surface area contributed by atoms with Crippen LogP contribution in [-0.2, 0) is 16.6 Å². The Hall–Kier alpha value is -1.84. The third kappa shape index (κ3) is 3.41. The number of nitrogens with zero attached hydrogens (tertiary/aromatic N) is 4. The van der Waals surface area contributed by atoms with E-state index in [0.717, 1.165) is 6.07 Å². The van der Waals surface area contributed by atoms with E-state index in [4.69, 9.17) is 0 Å². The van der Waals surface area contributed by atoms with E-state index in [9.17, 15) is 17.9 Å². The third-order valence-corrected chi connectivity index (χ3v) is 5.72. The van der Waals surface area contributed by atoms with Gasteiger partial charge in [0.05, 0.1) is 23.2 Å². The second-order valence-electron chi connectivity index (χ2n) is 5.72. The van der Waals surface area contributed by atoms with Crippen molar-refractivity contribution in [2.45, 2.75) is 29.9 Å². The van der Waals surface area contributed by atoms with E-state index >= 15 is 0 Å². The molecule has 1 N–H and O–H groups in total. The molecule has 1 atom stereocenters. The van der Waals surface area contributed by atoms with Crippen LogP contribution in [0.25, 0.3) is 0 Å². The Kier molecular flexibility index (Phi) is 4.17. The van der Waals surface area contributed by atoms with Gasteiger partial charge in [-0.25, -0.2) is 17.5 Å². The Bertz CT molecular complexity index is 781. The van der Waals surface area contributed by atoms with Crippen molar-refractivity contribution in [3.8, 4) is 0 Å². The maximum absolute atomic E-state index is 13.3. The van der Waals surface area contributed by atoms with E-state index in [-0.39, 0.29) is 18.0 Å². The Labute approximate surface area is 133 Å². The minimum Gasteiger partial charge on any atom is -0.387 e. The quantitative estimate of drug-likeness (QED) is 0.882. The summed E-state index contributed by atoms with van der Waals surface area (Å²) in [5, 5.41) is 18.2. The first kappa shape index (κ1) is 16.0. The minimum atomic E-state index is -3.85. The lowest BCUT2D eigenvalue weighted by Crippen LogP contribution is -2.52. The van der Waals surface area contributed by atoms with Crippen molar-refractivity contribution in [1.29, 1.82) is 0 Å². The second-order valence-corrected chi connectivity index (χ2v) is 7.66. The number of hydrogen-bond donors (Lipinski definition) is 1. The van der Waals surface area contributed by atoms with Gasteiger partial charge in [0, 0.05) is 19.3 Å². The van der Waals surface area contributed by atoms with Crippen LogP contribution in [0.3, 0.4) is 0 Å². The topological polar surface area (TPSA) is 88.3 Å². The molecule has 0 aliphatic carbocycles.